The number of fused-ring (bicyclic) bond motifs is 1. The maximum atomic E-state index is 13.8. The summed E-state index contributed by atoms with van der Waals surface area (Å²) in [5, 5.41) is 2.00. The normalized spacial score (nSPS) is 10.1. The van der Waals surface area contributed by atoms with Crippen LogP contribution in [0, 0.1) is 17.7 Å². The quantitative estimate of drug-likeness (QED) is 0.670. The molecule has 1 heteroatoms. The van der Waals surface area contributed by atoms with Crippen molar-refractivity contribution in [1.82, 2.24) is 0 Å². The van der Waals surface area contributed by atoms with Crippen LogP contribution in [0.25, 0.3) is 10.8 Å². The van der Waals surface area contributed by atoms with Gasteiger partial charge >= 0.3 is 0 Å². The molecule has 2 aromatic rings. The fraction of sp³-hybridized carbons (Fsp3) is 0.250. The molecule has 0 aromatic heterocycles. The monoisotopic (exact) mass is 226 g/mol. The van der Waals surface area contributed by atoms with Crippen molar-refractivity contribution < 1.29 is 4.39 Å². The van der Waals surface area contributed by atoms with Gasteiger partial charge in [-0.25, -0.2) is 4.39 Å². The van der Waals surface area contributed by atoms with Crippen LogP contribution in [0.15, 0.2) is 30.3 Å². The summed E-state index contributed by atoms with van der Waals surface area (Å²) in [6.07, 6.45) is 1.75. The lowest BCUT2D eigenvalue weighted by molar-refractivity contribution is 0.609. The van der Waals surface area contributed by atoms with Crippen LogP contribution in [0.3, 0.4) is 0 Å². The predicted molar refractivity (Wildman–Crippen MR) is 70.5 cm³/mol. The molecule has 86 valence electrons. The minimum absolute atomic E-state index is 0.110. The van der Waals surface area contributed by atoms with Gasteiger partial charge in [-0.3, -0.25) is 0 Å². The van der Waals surface area contributed by atoms with Crippen LogP contribution in [0.2, 0.25) is 0 Å². The Morgan fingerprint density at radius 2 is 1.94 bits per heavy atom. The first-order chi connectivity index (χ1) is 8.24. The molecule has 17 heavy (non-hydrogen) atoms. The van der Waals surface area contributed by atoms with Gasteiger partial charge in [0.15, 0.2) is 0 Å². The van der Waals surface area contributed by atoms with E-state index in [-0.39, 0.29) is 5.82 Å². The summed E-state index contributed by atoms with van der Waals surface area (Å²) in [6.45, 7) is 3.86. The first kappa shape index (κ1) is 11.7. The molecule has 2 aromatic carbocycles. The third kappa shape index (κ3) is 2.47. The zero-order valence-corrected chi connectivity index (χ0v) is 10.2. The summed E-state index contributed by atoms with van der Waals surface area (Å²) in [6, 6.07) is 9.48. The second kappa shape index (κ2) is 5.01. The van der Waals surface area contributed by atoms with Gasteiger partial charge in [-0.2, -0.15) is 0 Å². The van der Waals surface area contributed by atoms with Crippen molar-refractivity contribution in [3.05, 3.63) is 47.3 Å². The van der Waals surface area contributed by atoms with E-state index in [4.69, 9.17) is 0 Å². The van der Waals surface area contributed by atoms with Gasteiger partial charge in [0.1, 0.15) is 5.82 Å². The van der Waals surface area contributed by atoms with Crippen molar-refractivity contribution in [1.29, 1.82) is 0 Å². The second-order valence-corrected chi connectivity index (χ2v) is 4.13. The van der Waals surface area contributed by atoms with Crippen LogP contribution in [0.5, 0.6) is 0 Å². The van der Waals surface area contributed by atoms with Crippen LogP contribution >= 0.6 is 0 Å². The lowest BCUT2D eigenvalue weighted by Gasteiger charge is -2.05. The molecule has 0 amide bonds. The average Bonchev–Trinajstić information content (AvgIpc) is 2.31. The average molecular weight is 226 g/mol. The SMILES string of the molecule is CC#Cc1ccc2cc(CCC)c(F)cc2c1. The fourth-order valence-electron chi connectivity index (χ4n) is 2.00. The van der Waals surface area contributed by atoms with E-state index in [0.29, 0.717) is 0 Å². The maximum Gasteiger partial charge on any atom is 0.127 e. The van der Waals surface area contributed by atoms with E-state index in [1.165, 1.54) is 0 Å². The summed E-state index contributed by atoms with van der Waals surface area (Å²) in [5.74, 6) is 5.73. The first-order valence-electron chi connectivity index (χ1n) is 5.89. The molecule has 0 saturated heterocycles. The smallest absolute Gasteiger partial charge is 0.127 e. The number of aryl methyl sites for hydroxylation is 1. The lowest BCUT2D eigenvalue weighted by Crippen LogP contribution is -1.90. The highest BCUT2D eigenvalue weighted by Gasteiger charge is 2.04. The highest BCUT2D eigenvalue weighted by Crippen LogP contribution is 2.21. The maximum absolute atomic E-state index is 13.8. The highest BCUT2D eigenvalue weighted by molar-refractivity contribution is 5.84. The standard InChI is InChI=1S/C16H15F/c1-3-5-12-7-8-13-10-14(6-4-2)16(17)11-15(13)9-12/h7-11H,4,6H2,1-2H3. The van der Waals surface area contributed by atoms with Crippen molar-refractivity contribution in [2.24, 2.45) is 0 Å². The minimum Gasteiger partial charge on any atom is -0.207 e. The van der Waals surface area contributed by atoms with Crippen LogP contribution < -0.4 is 0 Å². The van der Waals surface area contributed by atoms with E-state index in [2.05, 4.69) is 18.8 Å². The molecule has 0 unspecified atom stereocenters. The number of halogens is 1. The number of rotatable bonds is 2. The molecule has 2 rings (SSSR count). The molecule has 0 atom stereocenters. The summed E-state index contributed by atoms with van der Waals surface area (Å²) in [4.78, 5) is 0. The van der Waals surface area contributed by atoms with Crippen molar-refractivity contribution in [3.8, 4) is 11.8 Å². The van der Waals surface area contributed by atoms with E-state index < -0.39 is 0 Å². The van der Waals surface area contributed by atoms with Gasteiger partial charge in [0.2, 0.25) is 0 Å². The Kier molecular flexibility index (Phi) is 3.44. The van der Waals surface area contributed by atoms with Crippen molar-refractivity contribution >= 4 is 10.8 Å². The Morgan fingerprint density at radius 1 is 1.12 bits per heavy atom. The van der Waals surface area contributed by atoms with Crippen molar-refractivity contribution in [2.75, 3.05) is 0 Å². The Balaban J connectivity index is 2.56. The number of hydrogen-bond donors (Lipinski definition) is 0. The van der Waals surface area contributed by atoms with Crippen LogP contribution in [0.1, 0.15) is 31.4 Å². The largest absolute Gasteiger partial charge is 0.207 e. The summed E-state index contributed by atoms with van der Waals surface area (Å²) < 4.78 is 13.8. The highest BCUT2D eigenvalue weighted by atomic mass is 19.1. The van der Waals surface area contributed by atoms with Crippen molar-refractivity contribution in [2.45, 2.75) is 26.7 Å². The Labute approximate surface area is 101 Å². The molecule has 0 spiro atoms. The number of hydrogen-bond acceptors (Lipinski definition) is 0. The van der Waals surface area contributed by atoms with Gasteiger partial charge in [0, 0.05) is 5.56 Å². The van der Waals surface area contributed by atoms with E-state index >= 15 is 0 Å². The molecule has 0 aliphatic carbocycles. The molecular weight excluding hydrogens is 211 g/mol. The lowest BCUT2D eigenvalue weighted by atomic mass is 10.0. The second-order valence-electron chi connectivity index (χ2n) is 4.13. The summed E-state index contributed by atoms with van der Waals surface area (Å²) >= 11 is 0. The van der Waals surface area contributed by atoms with Crippen LogP contribution in [-0.2, 0) is 6.42 Å². The molecular formula is C16H15F. The van der Waals surface area contributed by atoms with E-state index in [9.17, 15) is 4.39 Å². The summed E-state index contributed by atoms with van der Waals surface area (Å²) in [7, 11) is 0. The molecule has 0 radical (unpaired) electrons. The third-order valence-corrected chi connectivity index (χ3v) is 2.79. The van der Waals surface area contributed by atoms with E-state index in [0.717, 1.165) is 34.7 Å². The molecule has 0 heterocycles. The van der Waals surface area contributed by atoms with Gasteiger partial charge in [0.05, 0.1) is 0 Å². The molecule has 0 nitrogen and oxygen atoms in total. The van der Waals surface area contributed by atoms with Crippen LogP contribution in [0.4, 0.5) is 4.39 Å². The zero-order valence-electron chi connectivity index (χ0n) is 10.2. The van der Waals surface area contributed by atoms with Gasteiger partial charge in [-0.15, -0.1) is 5.92 Å². The Bertz CT molecular complexity index is 600. The van der Waals surface area contributed by atoms with Gasteiger partial charge in [-0.1, -0.05) is 25.3 Å². The molecule has 0 saturated carbocycles. The minimum atomic E-state index is -0.110. The number of benzene rings is 2. The zero-order chi connectivity index (χ0) is 12.3. The van der Waals surface area contributed by atoms with E-state index in [1.54, 1.807) is 13.0 Å². The first-order valence-corrected chi connectivity index (χ1v) is 5.89. The van der Waals surface area contributed by atoms with E-state index in [1.807, 2.05) is 24.3 Å². The van der Waals surface area contributed by atoms with Gasteiger partial charge in [0.25, 0.3) is 0 Å². The van der Waals surface area contributed by atoms with Gasteiger partial charge in [-0.05, 0) is 53.9 Å². The topological polar surface area (TPSA) is 0 Å². The Hall–Kier alpha value is -1.81. The fourth-order valence-corrected chi connectivity index (χ4v) is 2.00. The molecule has 0 fully saturated rings. The molecule has 0 aliphatic heterocycles. The van der Waals surface area contributed by atoms with Gasteiger partial charge < -0.3 is 0 Å². The molecule has 0 bridgehead atoms. The third-order valence-electron chi connectivity index (χ3n) is 2.79. The summed E-state index contributed by atoms with van der Waals surface area (Å²) in [5.41, 5.74) is 1.73. The molecule has 0 aliphatic rings. The Morgan fingerprint density at radius 3 is 2.65 bits per heavy atom. The van der Waals surface area contributed by atoms with Crippen LogP contribution in [-0.4, -0.2) is 0 Å². The van der Waals surface area contributed by atoms with Crippen molar-refractivity contribution in [3.63, 3.8) is 0 Å². The molecule has 0 N–H and O–H groups in total. The predicted octanol–water partition coefficient (Wildman–Crippen LogP) is 4.30.